The number of rotatable bonds is 7. The molecule has 0 aliphatic heterocycles. The van der Waals surface area contributed by atoms with E-state index in [1.54, 1.807) is 19.1 Å². The molecule has 0 fully saturated rings. The van der Waals surface area contributed by atoms with Gasteiger partial charge in [-0.1, -0.05) is 5.16 Å². The normalized spacial score (nSPS) is 10.4. The molecule has 0 saturated heterocycles. The lowest BCUT2D eigenvalue weighted by atomic mass is 10.3. The number of ether oxygens (including phenoxy) is 2. The molecule has 0 bridgehead atoms. The van der Waals surface area contributed by atoms with Crippen molar-refractivity contribution in [2.75, 3.05) is 40.5 Å². The van der Waals surface area contributed by atoms with Gasteiger partial charge in [0.25, 0.3) is 5.91 Å². The van der Waals surface area contributed by atoms with Gasteiger partial charge in [0, 0.05) is 27.3 Å². The Morgan fingerprint density at radius 3 is 2.44 bits per heavy atom. The Morgan fingerprint density at radius 2 is 2.00 bits per heavy atom. The van der Waals surface area contributed by atoms with Gasteiger partial charge in [0.05, 0.1) is 13.2 Å². The minimum Gasteiger partial charge on any atom is -0.383 e. The molecule has 90 valence electrons. The minimum atomic E-state index is -0.240. The van der Waals surface area contributed by atoms with Crippen molar-refractivity contribution >= 4 is 5.91 Å². The first-order chi connectivity index (χ1) is 7.79. The van der Waals surface area contributed by atoms with Crippen LogP contribution in [-0.2, 0) is 9.47 Å². The van der Waals surface area contributed by atoms with Crippen LogP contribution in [0.5, 0.6) is 0 Å². The van der Waals surface area contributed by atoms with Crippen LogP contribution in [0.1, 0.15) is 10.5 Å². The summed E-state index contributed by atoms with van der Waals surface area (Å²) in [5, 5.41) is 6.88. The molecule has 0 N–H and O–H groups in total. The molecule has 0 saturated carbocycles. The van der Waals surface area contributed by atoms with Gasteiger partial charge in [-0.25, -0.2) is 4.63 Å². The molecular formula is C9H15N3O4. The Hall–Kier alpha value is -1.47. The molecule has 0 aliphatic rings. The van der Waals surface area contributed by atoms with Crippen LogP contribution in [0.4, 0.5) is 0 Å². The third-order valence-electron chi connectivity index (χ3n) is 2.00. The molecule has 7 heteroatoms. The fraction of sp³-hybridized carbons (Fsp3) is 0.667. The first kappa shape index (κ1) is 12.6. The summed E-state index contributed by atoms with van der Waals surface area (Å²) in [6.07, 6.45) is 1.29. The van der Waals surface area contributed by atoms with Crippen LogP contribution in [0.25, 0.3) is 0 Å². The Balaban J connectivity index is 2.56. The largest absolute Gasteiger partial charge is 0.383 e. The van der Waals surface area contributed by atoms with E-state index in [4.69, 9.17) is 9.47 Å². The van der Waals surface area contributed by atoms with E-state index in [1.165, 1.54) is 6.20 Å². The maximum Gasteiger partial charge on any atom is 0.277 e. The van der Waals surface area contributed by atoms with Gasteiger partial charge < -0.3 is 14.4 Å². The molecule has 1 rings (SSSR count). The molecule has 0 aromatic carbocycles. The molecule has 1 aromatic rings. The third kappa shape index (κ3) is 3.59. The highest BCUT2D eigenvalue weighted by Gasteiger charge is 2.18. The second kappa shape index (κ2) is 6.91. The van der Waals surface area contributed by atoms with Crippen LogP contribution in [-0.4, -0.2) is 61.6 Å². The molecule has 7 nitrogen and oxygen atoms in total. The van der Waals surface area contributed by atoms with Gasteiger partial charge in [0.15, 0.2) is 5.69 Å². The summed E-state index contributed by atoms with van der Waals surface area (Å²) >= 11 is 0. The molecule has 16 heavy (non-hydrogen) atoms. The van der Waals surface area contributed by atoms with Crippen molar-refractivity contribution in [3.05, 3.63) is 11.9 Å². The van der Waals surface area contributed by atoms with Gasteiger partial charge in [-0.05, 0) is 5.16 Å². The van der Waals surface area contributed by atoms with E-state index in [2.05, 4.69) is 14.9 Å². The van der Waals surface area contributed by atoms with Crippen LogP contribution in [0, 0.1) is 0 Å². The highest BCUT2D eigenvalue weighted by atomic mass is 16.6. The number of carbonyl (C=O) groups is 1. The van der Waals surface area contributed by atoms with E-state index in [0.29, 0.717) is 26.3 Å². The van der Waals surface area contributed by atoms with Crippen molar-refractivity contribution < 1.29 is 18.9 Å². The van der Waals surface area contributed by atoms with E-state index < -0.39 is 0 Å². The molecule has 0 atom stereocenters. The SMILES string of the molecule is COCCN(CCOC)C(=O)c1cnon1. The Kier molecular flexibility index (Phi) is 5.44. The standard InChI is InChI=1S/C9H15N3O4/c1-14-5-3-12(4-6-15-2)9(13)8-7-10-16-11-8/h7H,3-6H2,1-2H3. The summed E-state index contributed by atoms with van der Waals surface area (Å²) in [7, 11) is 3.16. The average molecular weight is 229 g/mol. The van der Waals surface area contributed by atoms with Gasteiger partial charge in [-0.15, -0.1) is 0 Å². The van der Waals surface area contributed by atoms with Crippen molar-refractivity contribution in [3.8, 4) is 0 Å². The minimum absolute atomic E-state index is 0.187. The van der Waals surface area contributed by atoms with Crippen molar-refractivity contribution in [2.24, 2.45) is 0 Å². The molecule has 1 aromatic heterocycles. The average Bonchev–Trinajstić information content (AvgIpc) is 2.82. The van der Waals surface area contributed by atoms with Crippen molar-refractivity contribution in [1.82, 2.24) is 15.2 Å². The summed E-state index contributed by atoms with van der Waals surface area (Å²) in [5.74, 6) is -0.240. The Morgan fingerprint density at radius 1 is 1.38 bits per heavy atom. The van der Waals surface area contributed by atoms with Crippen molar-refractivity contribution in [1.29, 1.82) is 0 Å². The summed E-state index contributed by atoms with van der Waals surface area (Å²) in [4.78, 5) is 13.4. The monoisotopic (exact) mass is 229 g/mol. The predicted molar refractivity (Wildman–Crippen MR) is 54.0 cm³/mol. The van der Waals surface area contributed by atoms with Gasteiger partial charge in [0.1, 0.15) is 6.20 Å². The highest BCUT2D eigenvalue weighted by molar-refractivity contribution is 5.91. The van der Waals surface area contributed by atoms with Crippen LogP contribution in [0.3, 0.4) is 0 Å². The fourth-order valence-electron chi connectivity index (χ4n) is 1.14. The van der Waals surface area contributed by atoms with Crippen LogP contribution in [0.15, 0.2) is 10.8 Å². The molecule has 1 amide bonds. The fourth-order valence-corrected chi connectivity index (χ4v) is 1.14. The number of hydrogen-bond acceptors (Lipinski definition) is 6. The van der Waals surface area contributed by atoms with E-state index >= 15 is 0 Å². The maximum atomic E-state index is 11.9. The maximum absolute atomic E-state index is 11.9. The molecule has 0 spiro atoms. The first-order valence-electron chi connectivity index (χ1n) is 4.84. The predicted octanol–water partition coefficient (Wildman–Crippen LogP) is -0.195. The molecule has 0 aliphatic carbocycles. The van der Waals surface area contributed by atoms with Crippen molar-refractivity contribution in [2.45, 2.75) is 0 Å². The molecule has 1 heterocycles. The van der Waals surface area contributed by atoms with Gasteiger partial charge in [0.2, 0.25) is 0 Å². The second-order valence-corrected chi connectivity index (χ2v) is 3.07. The lowest BCUT2D eigenvalue weighted by Crippen LogP contribution is -2.36. The van der Waals surface area contributed by atoms with Gasteiger partial charge >= 0.3 is 0 Å². The lowest BCUT2D eigenvalue weighted by Gasteiger charge is -2.20. The second-order valence-electron chi connectivity index (χ2n) is 3.07. The molecule has 0 radical (unpaired) electrons. The zero-order chi connectivity index (χ0) is 11.8. The number of hydrogen-bond donors (Lipinski definition) is 0. The third-order valence-corrected chi connectivity index (χ3v) is 2.00. The number of carbonyl (C=O) groups excluding carboxylic acids is 1. The summed E-state index contributed by atoms with van der Waals surface area (Å²) in [5.41, 5.74) is 0.187. The summed E-state index contributed by atoms with van der Waals surface area (Å²) in [6, 6.07) is 0. The van der Waals surface area contributed by atoms with E-state index in [-0.39, 0.29) is 11.6 Å². The van der Waals surface area contributed by atoms with Crippen molar-refractivity contribution in [3.63, 3.8) is 0 Å². The molecular weight excluding hydrogens is 214 g/mol. The highest BCUT2D eigenvalue weighted by Crippen LogP contribution is 2.00. The number of amides is 1. The zero-order valence-electron chi connectivity index (χ0n) is 9.38. The lowest BCUT2D eigenvalue weighted by molar-refractivity contribution is 0.0617. The first-order valence-corrected chi connectivity index (χ1v) is 4.84. The smallest absolute Gasteiger partial charge is 0.277 e. The van der Waals surface area contributed by atoms with Gasteiger partial charge in [-0.3, -0.25) is 4.79 Å². The quantitative estimate of drug-likeness (QED) is 0.644. The van der Waals surface area contributed by atoms with Crippen LogP contribution < -0.4 is 0 Å². The number of aromatic nitrogens is 2. The Labute approximate surface area is 93.3 Å². The van der Waals surface area contributed by atoms with E-state index in [9.17, 15) is 4.79 Å². The van der Waals surface area contributed by atoms with Crippen LogP contribution >= 0.6 is 0 Å². The number of methoxy groups -OCH3 is 2. The zero-order valence-corrected chi connectivity index (χ0v) is 9.38. The van der Waals surface area contributed by atoms with E-state index in [1.807, 2.05) is 0 Å². The topological polar surface area (TPSA) is 77.7 Å². The van der Waals surface area contributed by atoms with E-state index in [0.717, 1.165) is 0 Å². The van der Waals surface area contributed by atoms with Gasteiger partial charge in [-0.2, -0.15) is 0 Å². The van der Waals surface area contributed by atoms with Crippen LogP contribution in [0.2, 0.25) is 0 Å². The summed E-state index contributed by atoms with van der Waals surface area (Å²) < 4.78 is 14.2. The Bertz CT molecular complexity index is 294. The number of nitrogens with zero attached hydrogens (tertiary/aromatic N) is 3. The molecule has 0 unspecified atom stereocenters. The summed E-state index contributed by atoms with van der Waals surface area (Å²) in [6.45, 7) is 1.87.